The van der Waals surface area contributed by atoms with Crippen LogP contribution in [0.15, 0.2) is 30.3 Å². The summed E-state index contributed by atoms with van der Waals surface area (Å²) >= 11 is 0. The molecule has 3 rings (SSSR count). The second-order valence-electron chi connectivity index (χ2n) is 4.40. The summed E-state index contributed by atoms with van der Waals surface area (Å²) in [6.07, 6.45) is 0. The predicted molar refractivity (Wildman–Crippen MR) is 73.6 cm³/mol. The van der Waals surface area contributed by atoms with Crippen molar-refractivity contribution in [3.63, 3.8) is 0 Å². The van der Waals surface area contributed by atoms with Gasteiger partial charge in [0.05, 0.1) is 19.7 Å². The lowest BCUT2D eigenvalue weighted by molar-refractivity contribution is 0.412. The van der Waals surface area contributed by atoms with Gasteiger partial charge in [-0.25, -0.2) is 0 Å². The highest BCUT2D eigenvalue weighted by molar-refractivity contribution is 6.08. The number of benzene rings is 2. The summed E-state index contributed by atoms with van der Waals surface area (Å²) < 4.78 is 10.6. The number of fused-ring (bicyclic) bond motifs is 3. The van der Waals surface area contributed by atoms with Gasteiger partial charge in [0.25, 0.3) is 0 Å². The lowest BCUT2D eigenvalue weighted by atomic mass is 10.1. The summed E-state index contributed by atoms with van der Waals surface area (Å²) in [6, 6.07) is 10.2. The molecular formula is C15H15NO2. The van der Waals surface area contributed by atoms with E-state index in [2.05, 4.69) is 23.2 Å². The maximum Gasteiger partial charge on any atom is 0.122 e. The summed E-state index contributed by atoms with van der Waals surface area (Å²) in [5.74, 6) is 1.77. The first-order chi connectivity index (χ1) is 8.72. The van der Waals surface area contributed by atoms with E-state index in [0.29, 0.717) is 0 Å². The molecular weight excluding hydrogens is 226 g/mol. The van der Waals surface area contributed by atoms with Crippen molar-refractivity contribution in [3.8, 4) is 11.5 Å². The molecule has 92 valence electrons. The zero-order chi connectivity index (χ0) is 12.7. The Morgan fingerprint density at radius 1 is 0.889 bits per heavy atom. The van der Waals surface area contributed by atoms with Crippen molar-refractivity contribution in [2.75, 3.05) is 14.2 Å². The van der Waals surface area contributed by atoms with Crippen LogP contribution in [0.5, 0.6) is 11.5 Å². The van der Waals surface area contributed by atoms with E-state index >= 15 is 0 Å². The Kier molecular flexibility index (Phi) is 2.40. The number of hydrogen-bond donors (Lipinski definition) is 1. The van der Waals surface area contributed by atoms with E-state index in [0.717, 1.165) is 28.1 Å². The molecule has 0 saturated carbocycles. The maximum atomic E-state index is 5.38. The Bertz CT molecular complexity index is 728. The van der Waals surface area contributed by atoms with E-state index in [1.54, 1.807) is 14.2 Å². The molecule has 0 aliphatic carbocycles. The standard InChI is InChI=1S/C15H15NO2/c1-9-6-13-12(8-15(9)18-3)11-5-4-10(17-2)7-14(11)16-13/h4-8,16H,1-3H3. The Labute approximate surface area is 105 Å². The van der Waals surface area contributed by atoms with Crippen molar-refractivity contribution >= 4 is 21.8 Å². The molecule has 0 aliphatic heterocycles. The molecule has 0 aliphatic rings. The van der Waals surface area contributed by atoms with Crippen LogP contribution in [0.3, 0.4) is 0 Å². The van der Waals surface area contributed by atoms with Crippen LogP contribution in [-0.2, 0) is 0 Å². The molecule has 0 radical (unpaired) electrons. The molecule has 0 spiro atoms. The third kappa shape index (κ3) is 1.51. The normalized spacial score (nSPS) is 11.1. The number of hydrogen-bond acceptors (Lipinski definition) is 2. The van der Waals surface area contributed by atoms with Gasteiger partial charge < -0.3 is 14.5 Å². The highest BCUT2D eigenvalue weighted by Gasteiger charge is 2.08. The quantitative estimate of drug-likeness (QED) is 0.743. The highest BCUT2D eigenvalue weighted by Crippen LogP contribution is 2.32. The Balaban J connectivity index is 2.36. The van der Waals surface area contributed by atoms with Gasteiger partial charge in [-0.05, 0) is 36.8 Å². The minimum Gasteiger partial charge on any atom is -0.497 e. The largest absolute Gasteiger partial charge is 0.497 e. The smallest absolute Gasteiger partial charge is 0.122 e. The minimum absolute atomic E-state index is 0.859. The molecule has 0 atom stereocenters. The minimum atomic E-state index is 0.859. The van der Waals surface area contributed by atoms with Gasteiger partial charge in [-0.15, -0.1) is 0 Å². The van der Waals surface area contributed by atoms with Crippen LogP contribution in [-0.4, -0.2) is 19.2 Å². The lowest BCUT2D eigenvalue weighted by Crippen LogP contribution is -1.86. The van der Waals surface area contributed by atoms with Crippen LogP contribution in [0.25, 0.3) is 21.8 Å². The number of H-pyrrole nitrogens is 1. The van der Waals surface area contributed by atoms with Crippen LogP contribution >= 0.6 is 0 Å². The van der Waals surface area contributed by atoms with E-state index in [1.807, 2.05) is 19.1 Å². The van der Waals surface area contributed by atoms with Crippen LogP contribution in [0.2, 0.25) is 0 Å². The summed E-state index contributed by atoms with van der Waals surface area (Å²) in [7, 11) is 3.38. The first-order valence-electron chi connectivity index (χ1n) is 5.87. The number of rotatable bonds is 2. The predicted octanol–water partition coefficient (Wildman–Crippen LogP) is 3.65. The number of ether oxygens (including phenoxy) is 2. The van der Waals surface area contributed by atoms with Gasteiger partial charge in [-0.2, -0.15) is 0 Å². The summed E-state index contributed by atoms with van der Waals surface area (Å²) in [6.45, 7) is 2.05. The fraction of sp³-hybridized carbons (Fsp3) is 0.200. The molecule has 3 aromatic rings. The first-order valence-corrected chi connectivity index (χ1v) is 5.87. The van der Waals surface area contributed by atoms with Gasteiger partial charge in [-0.1, -0.05) is 0 Å². The highest BCUT2D eigenvalue weighted by atomic mass is 16.5. The molecule has 0 saturated heterocycles. The monoisotopic (exact) mass is 241 g/mol. The molecule has 1 heterocycles. The first kappa shape index (κ1) is 11.0. The molecule has 1 aromatic heterocycles. The van der Waals surface area contributed by atoms with E-state index in [-0.39, 0.29) is 0 Å². The second-order valence-corrected chi connectivity index (χ2v) is 4.40. The van der Waals surface area contributed by atoms with E-state index in [1.165, 1.54) is 10.8 Å². The molecule has 3 nitrogen and oxygen atoms in total. The molecule has 0 amide bonds. The Morgan fingerprint density at radius 2 is 1.67 bits per heavy atom. The molecule has 18 heavy (non-hydrogen) atoms. The van der Waals surface area contributed by atoms with Crippen molar-refractivity contribution in [3.05, 3.63) is 35.9 Å². The van der Waals surface area contributed by atoms with E-state index in [4.69, 9.17) is 9.47 Å². The number of aryl methyl sites for hydroxylation is 1. The summed E-state index contributed by atoms with van der Waals surface area (Å²) in [4.78, 5) is 3.41. The van der Waals surface area contributed by atoms with E-state index < -0.39 is 0 Å². The van der Waals surface area contributed by atoms with Crippen molar-refractivity contribution in [1.82, 2.24) is 4.98 Å². The zero-order valence-electron chi connectivity index (χ0n) is 10.7. The topological polar surface area (TPSA) is 34.2 Å². The summed E-state index contributed by atoms with van der Waals surface area (Å²) in [5.41, 5.74) is 3.33. The molecule has 2 aromatic carbocycles. The maximum absolute atomic E-state index is 5.38. The van der Waals surface area contributed by atoms with E-state index in [9.17, 15) is 0 Å². The lowest BCUT2D eigenvalue weighted by Gasteiger charge is -2.04. The second kappa shape index (κ2) is 3.95. The van der Waals surface area contributed by atoms with Crippen LogP contribution in [0.4, 0.5) is 0 Å². The van der Waals surface area contributed by atoms with Crippen LogP contribution < -0.4 is 9.47 Å². The van der Waals surface area contributed by atoms with Crippen molar-refractivity contribution in [1.29, 1.82) is 0 Å². The average molecular weight is 241 g/mol. The SMILES string of the molecule is COc1ccc2c(c1)[nH]c1cc(C)c(OC)cc12. The fourth-order valence-corrected chi connectivity index (χ4v) is 2.37. The van der Waals surface area contributed by atoms with Crippen LogP contribution in [0.1, 0.15) is 5.56 Å². The van der Waals surface area contributed by atoms with Crippen molar-refractivity contribution < 1.29 is 9.47 Å². The number of methoxy groups -OCH3 is 2. The fourth-order valence-electron chi connectivity index (χ4n) is 2.37. The third-order valence-corrected chi connectivity index (χ3v) is 3.32. The zero-order valence-corrected chi connectivity index (χ0v) is 10.7. The molecule has 0 unspecified atom stereocenters. The number of aromatic amines is 1. The molecule has 0 fully saturated rings. The Morgan fingerprint density at radius 3 is 2.39 bits per heavy atom. The van der Waals surface area contributed by atoms with Gasteiger partial charge in [0.2, 0.25) is 0 Å². The molecule has 0 bridgehead atoms. The Hall–Kier alpha value is -2.16. The number of nitrogens with one attached hydrogen (secondary N) is 1. The molecule has 1 N–H and O–H groups in total. The van der Waals surface area contributed by atoms with Crippen molar-refractivity contribution in [2.45, 2.75) is 6.92 Å². The van der Waals surface area contributed by atoms with Gasteiger partial charge in [-0.3, -0.25) is 0 Å². The van der Waals surface area contributed by atoms with Gasteiger partial charge in [0.15, 0.2) is 0 Å². The molecule has 3 heteroatoms. The van der Waals surface area contributed by atoms with Crippen molar-refractivity contribution in [2.24, 2.45) is 0 Å². The van der Waals surface area contributed by atoms with Crippen LogP contribution in [0, 0.1) is 6.92 Å². The third-order valence-electron chi connectivity index (χ3n) is 3.32. The van der Waals surface area contributed by atoms with Gasteiger partial charge in [0.1, 0.15) is 11.5 Å². The van der Waals surface area contributed by atoms with Gasteiger partial charge >= 0.3 is 0 Å². The number of aromatic nitrogens is 1. The average Bonchev–Trinajstić information content (AvgIpc) is 2.73. The van der Waals surface area contributed by atoms with Gasteiger partial charge in [0, 0.05) is 22.4 Å². The summed E-state index contributed by atoms with van der Waals surface area (Å²) in [5, 5.41) is 2.36.